The van der Waals surface area contributed by atoms with Gasteiger partial charge in [0, 0.05) is 12.6 Å². The van der Waals surface area contributed by atoms with E-state index in [1.54, 1.807) is 24.3 Å². The van der Waals surface area contributed by atoms with Crippen molar-refractivity contribution in [2.75, 3.05) is 13.3 Å². The van der Waals surface area contributed by atoms with Gasteiger partial charge < -0.3 is 20.1 Å². The molecule has 1 fully saturated rings. The molecule has 0 spiro atoms. The Labute approximate surface area is 142 Å². The lowest BCUT2D eigenvalue weighted by Crippen LogP contribution is -2.32. The summed E-state index contributed by atoms with van der Waals surface area (Å²) in [5.74, 6) is 0.305. The van der Waals surface area contributed by atoms with E-state index in [0.717, 1.165) is 17.5 Å². The Hall–Kier alpha value is -1.76. The fourth-order valence-electron chi connectivity index (χ4n) is 2.76. The van der Waals surface area contributed by atoms with E-state index in [9.17, 15) is 15.3 Å². The second kappa shape index (κ2) is 6.78. The van der Waals surface area contributed by atoms with Gasteiger partial charge in [-0.3, -0.25) is 4.90 Å². The molecule has 0 amide bonds. The van der Waals surface area contributed by atoms with Crippen LogP contribution in [0, 0.1) is 0 Å². The summed E-state index contributed by atoms with van der Waals surface area (Å²) in [6, 6.07) is 10.7. The zero-order valence-electron chi connectivity index (χ0n) is 12.4. The Morgan fingerprint density at radius 3 is 2.35 bits per heavy atom. The minimum atomic E-state index is 0.0233. The van der Waals surface area contributed by atoms with Gasteiger partial charge in [-0.05, 0) is 57.7 Å². The van der Waals surface area contributed by atoms with E-state index in [4.69, 9.17) is 4.74 Å². The number of phenolic OH excluding ortho intramolecular Hbond substituents is 3. The first kappa shape index (κ1) is 16.1. The summed E-state index contributed by atoms with van der Waals surface area (Å²) in [4.78, 5) is 2.16. The number of rotatable bonds is 4. The number of benzene rings is 2. The van der Waals surface area contributed by atoms with Gasteiger partial charge in [0.05, 0.1) is 13.3 Å². The number of phenols is 3. The largest absolute Gasteiger partial charge is 0.508 e. The van der Waals surface area contributed by atoms with Crippen molar-refractivity contribution in [2.24, 2.45) is 0 Å². The number of halogens is 1. The van der Waals surface area contributed by atoms with Gasteiger partial charge in [-0.2, -0.15) is 0 Å². The molecule has 122 valence electrons. The van der Waals surface area contributed by atoms with Gasteiger partial charge in [0.2, 0.25) is 0 Å². The van der Waals surface area contributed by atoms with E-state index in [2.05, 4.69) is 20.8 Å². The van der Waals surface area contributed by atoms with Crippen LogP contribution in [0.1, 0.15) is 11.1 Å². The molecule has 0 aromatic heterocycles. The normalized spacial score (nSPS) is 18.4. The molecule has 1 saturated heterocycles. The summed E-state index contributed by atoms with van der Waals surface area (Å²) < 4.78 is 5.87. The molecule has 0 unspecified atom stereocenters. The van der Waals surface area contributed by atoms with Crippen LogP contribution in [0.5, 0.6) is 17.2 Å². The van der Waals surface area contributed by atoms with Crippen LogP contribution in [0.3, 0.4) is 0 Å². The molecule has 2 aromatic rings. The quantitative estimate of drug-likeness (QED) is 0.761. The zero-order chi connectivity index (χ0) is 16.4. The third-order valence-electron chi connectivity index (χ3n) is 3.97. The van der Waals surface area contributed by atoms with E-state index in [1.807, 2.05) is 12.1 Å². The number of hydrogen-bond donors (Lipinski definition) is 3. The van der Waals surface area contributed by atoms with Crippen molar-refractivity contribution < 1.29 is 20.1 Å². The maximum atomic E-state index is 9.80. The maximum absolute atomic E-state index is 9.80. The molecule has 1 heterocycles. The summed E-state index contributed by atoms with van der Waals surface area (Å²) >= 11 is 3.13. The van der Waals surface area contributed by atoms with E-state index >= 15 is 0 Å². The first-order chi connectivity index (χ1) is 11.0. The third-order valence-corrected chi connectivity index (χ3v) is 4.78. The average molecular weight is 380 g/mol. The molecule has 23 heavy (non-hydrogen) atoms. The Bertz CT molecular complexity index is 666. The maximum Gasteiger partial charge on any atom is 0.133 e. The summed E-state index contributed by atoms with van der Waals surface area (Å²) in [5, 5.41) is 29.0. The number of ether oxygens (including phenoxy) is 1. The smallest absolute Gasteiger partial charge is 0.133 e. The highest BCUT2D eigenvalue weighted by Crippen LogP contribution is 2.34. The van der Waals surface area contributed by atoms with Crippen LogP contribution in [-0.4, -0.2) is 39.6 Å². The topological polar surface area (TPSA) is 73.2 Å². The average Bonchev–Trinajstić information content (AvgIpc) is 2.94. The lowest BCUT2D eigenvalue weighted by Gasteiger charge is -2.22. The van der Waals surface area contributed by atoms with Crippen LogP contribution >= 0.6 is 15.9 Å². The molecule has 3 rings (SSSR count). The van der Waals surface area contributed by atoms with E-state index in [-0.39, 0.29) is 23.3 Å². The molecule has 6 heteroatoms. The predicted molar refractivity (Wildman–Crippen MR) is 89.4 cm³/mol. The minimum absolute atomic E-state index is 0.0233. The standard InChI is InChI=1S/C17H18BrNO4/c18-17-15(21)6-12(7-16(17)22)8-19-10-23-9-13(19)5-11-1-3-14(20)4-2-11/h1-4,6-7,13,20-22H,5,8-10H2/t13-/m0/s1. The monoisotopic (exact) mass is 379 g/mol. The van der Waals surface area contributed by atoms with Crippen LogP contribution in [0.15, 0.2) is 40.9 Å². The van der Waals surface area contributed by atoms with E-state index in [1.165, 1.54) is 0 Å². The van der Waals surface area contributed by atoms with Gasteiger partial charge in [0.1, 0.15) is 21.7 Å². The second-order valence-corrected chi connectivity index (χ2v) is 6.51. The number of aromatic hydroxyl groups is 3. The molecule has 0 bridgehead atoms. The van der Waals surface area contributed by atoms with Gasteiger partial charge in [0.15, 0.2) is 0 Å². The fourth-order valence-corrected chi connectivity index (χ4v) is 2.99. The highest BCUT2D eigenvalue weighted by molar-refractivity contribution is 9.10. The Kier molecular flexibility index (Phi) is 4.75. The highest BCUT2D eigenvalue weighted by atomic mass is 79.9. The molecule has 1 aliphatic heterocycles. The van der Waals surface area contributed by atoms with Crippen molar-refractivity contribution >= 4 is 15.9 Å². The van der Waals surface area contributed by atoms with Crippen molar-refractivity contribution in [1.29, 1.82) is 0 Å². The predicted octanol–water partition coefficient (Wildman–Crippen LogP) is 2.97. The van der Waals surface area contributed by atoms with Gasteiger partial charge in [-0.25, -0.2) is 0 Å². The van der Waals surface area contributed by atoms with E-state index < -0.39 is 0 Å². The summed E-state index contributed by atoms with van der Waals surface area (Å²) in [7, 11) is 0. The molecule has 3 N–H and O–H groups in total. The second-order valence-electron chi connectivity index (χ2n) is 5.72. The zero-order valence-corrected chi connectivity index (χ0v) is 14.0. The summed E-state index contributed by atoms with van der Waals surface area (Å²) in [5.41, 5.74) is 1.95. The molecule has 1 aliphatic rings. The lowest BCUT2D eigenvalue weighted by molar-refractivity contribution is 0.134. The van der Waals surface area contributed by atoms with Gasteiger partial charge in [0.25, 0.3) is 0 Å². The van der Waals surface area contributed by atoms with Crippen molar-refractivity contribution in [3.8, 4) is 17.2 Å². The molecule has 5 nitrogen and oxygen atoms in total. The first-order valence-electron chi connectivity index (χ1n) is 7.33. The molecule has 0 saturated carbocycles. The van der Waals surface area contributed by atoms with Crippen LogP contribution in [0.4, 0.5) is 0 Å². The third kappa shape index (κ3) is 3.77. The Morgan fingerprint density at radius 1 is 1.04 bits per heavy atom. The molecular formula is C17H18BrNO4. The molecule has 0 aliphatic carbocycles. The molecule has 2 aromatic carbocycles. The summed E-state index contributed by atoms with van der Waals surface area (Å²) in [6.45, 7) is 1.73. The lowest BCUT2D eigenvalue weighted by atomic mass is 10.0. The number of nitrogens with zero attached hydrogens (tertiary/aromatic N) is 1. The highest BCUT2D eigenvalue weighted by Gasteiger charge is 2.26. The fraction of sp³-hybridized carbons (Fsp3) is 0.294. The molecule has 1 atom stereocenters. The Balaban J connectivity index is 1.70. The first-order valence-corrected chi connectivity index (χ1v) is 8.12. The van der Waals surface area contributed by atoms with Gasteiger partial charge in [-0.1, -0.05) is 12.1 Å². The van der Waals surface area contributed by atoms with Crippen molar-refractivity contribution in [1.82, 2.24) is 4.90 Å². The molecule has 0 radical (unpaired) electrons. The summed E-state index contributed by atoms with van der Waals surface area (Å²) in [6.07, 6.45) is 0.814. The van der Waals surface area contributed by atoms with Crippen LogP contribution in [-0.2, 0) is 17.7 Å². The van der Waals surface area contributed by atoms with Crippen LogP contribution < -0.4 is 0 Å². The van der Waals surface area contributed by atoms with Crippen molar-refractivity contribution in [3.63, 3.8) is 0 Å². The van der Waals surface area contributed by atoms with E-state index in [0.29, 0.717) is 24.4 Å². The van der Waals surface area contributed by atoms with Crippen LogP contribution in [0.25, 0.3) is 0 Å². The Morgan fingerprint density at radius 2 is 1.70 bits per heavy atom. The number of hydrogen-bond acceptors (Lipinski definition) is 5. The van der Waals surface area contributed by atoms with Gasteiger partial charge in [-0.15, -0.1) is 0 Å². The van der Waals surface area contributed by atoms with Crippen molar-refractivity contribution in [3.05, 3.63) is 52.0 Å². The SMILES string of the molecule is Oc1ccc(C[C@H]2COCN2Cc2cc(O)c(Br)c(O)c2)cc1. The van der Waals surface area contributed by atoms with Crippen molar-refractivity contribution in [2.45, 2.75) is 19.0 Å². The van der Waals surface area contributed by atoms with Gasteiger partial charge >= 0.3 is 0 Å². The minimum Gasteiger partial charge on any atom is -0.508 e. The molecular weight excluding hydrogens is 362 g/mol. The van der Waals surface area contributed by atoms with Crippen LogP contribution in [0.2, 0.25) is 0 Å².